The molecule has 17 heavy (non-hydrogen) atoms. The fourth-order valence-electron chi connectivity index (χ4n) is 2.69. The van der Waals surface area contributed by atoms with E-state index in [-0.39, 0.29) is 0 Å². The first-order chi connectivity index (χ1) is 8.29. The van der Waals surface area contributed by atoms with Gasteiger partial charge in [-0.25, -0.2) is 0 Å². The lowest BCUT2D eigenvalue weighted by Gasteiger charge is -2.07. The number of fused-ring (bicyclic) bond motifs is 3. The molecular weight excluding hydrogens is 272 g/mol. The number of benzene rings is 2. The summed E-state index contributed by atoms with van der Waals surface area (Å²) in [5, 5.41) is 2.71. The molecule has 86 valence electrons. The van der Waals surface area contributed by atoms with Gasteiger partial charge >= 0.3 is 0 Å². The minimum Gasteiger partial charge on any atom is -0.0651 e. The molecule has 2 aromatic rings. The van der Waals surface area contributed by atoms with Crippen molar-refractivity contribution in [1.82, 2.24) is 0 Å². The zero-order chi connectivity index (χ0) is 11.8. The van der Waals surface area contributed by atoms with E-state index in [1.807, 2.05) is 0 Å². The minimum atomic E-state index is 1.12. The first kappa shape index (κ1) is 11.0. The van der Waals surface area contributed by atoms with Crippen molar-refractivity contribution in [3.8, 4) is 0 Å². The minimum absolute atomic E-state index is 1.12. The van der Waals surface area contributed by atoms with Crippen molar-refractivity contribution in [3.63, 3.8) is 0 Å². The van der Waals surface area contributed by atoms with Crippen molar-refractivity contribution in [2.75, 3.05) is 0 Å². The van der Waals surface area contributed by atoms with Crippen LogP contribution in [-0.2, 0) is 6.42 Å². The normalized spacial score (nSPS) is 13.9. The van der Waals surface area contributed by atoms with E-state index in [0.717, 1.165) is 6.42 Å². The Kier molecular flexibility index (Phi) is 2.79. The average molecular weight is 287 g/mol. The molecule has 0 radical (unpaired) electrons. The zero-order valence-corrected chi connectivity index (χ0v) is 11.5. The van der Waals surface area contributed by atoms with Crippen LogP contribution in [0.3, 0.4) is 0 Å². The summed E-state index contributed by atoms with van der Waals surface area (Å²) in [7, 11) is 0. The van der Waals surface area contributed by atoms with Crippen LogP contribution in [0.4, 0.5) is 0 Å². The molecule has 1 aliphatic carbocycles. The molecule has 0 bridgehead atoms. The summed E-state index contributed by atoms with van der Waals surface area (Å²) >= 11 is 3.71. The maximum Gasteiger partial charge on any atom is 0.0222 e. The standard InChI is InChI=1S/C16H15Br/c1-2-5-11-8-14-13-7-4-3-6-12(13)10-16(17)15(14)9-11/h3-4,6-8,10H,2,5,9H2,1H3. The second-order valence-electron chi connectivity index (χ2n) is 4.70. The van der Waals surface area contributed by atoms with E-state index in [1.54, 1.807) is 5.57 Å². The van der Waals surface area contributed by atoms with Gasteiger partial charge in [0.25, 0.3) is 0 Å². The third kappa shape index (κ3) is 1.83. The summed E-state index contributed by atoms with van der Waals surface area (Å²) in [6.45, 7) is 2.25. The van der Waals surface area contributed by atoms with Crippen LogP contribution in [0.2, 0.25) is 0 Å². The van der Waals surface area contributed by atoms with E-state index < -0.39 is 0 Å². The summed E-state index contributed by atoms with van der Waals surface area (Å²) < 4.78 is 1.26. The van der Waals surface area contributed by atoms with E-state index in [9.17, 15) is 0 Å². The Hall–Kier alpha value is -1.08. The quantitative estimate of drug-likeness (QED) is 0.699. The Morgan fingerprint density at radius 3 is 2.88 bits per heavy atom. The van der Waals surface area contributed by atoms with Gasteiger partial charge in [0.2, 0.25) is 0 Å². The van der Waals surface area contributed by atoms with Crippen LogP contribution >= 0.6 is 15.9 Å². The highest BCUT2D eigenvalue weighted by atomic mass is 79.9. The lowest BCUT2D eigenvalue weighted by atomic mass is 10.0. The van der Waals surface area contributed by atoms with Gasteiger partial charge in [0.05, 0.1) is 0 Å². The monoisotopic (exact) mass is 286 g/mol. The Morgan fingerprint density at radius 1 is 1.24 bits per heavy atom. The Balaban J connectivity index is 2.23. The van der Waals surface area contributed by atoms with Crippen molar-refractivity contribution in [2.24, 2.45) is 0 Å². The highest BCUT2D eigenvalue weighted by Crippen LogP contribution is 2.38. The average Bonchev–Trinajstić information content (AvgIpc) is 2.74. The van der Waals surface area contributed by atoms with Gasteiger partial charge in [-0.1, -0.05) is 65.2 Å². The SMILES string of the molecule is CCCC1=Cc2c(c(Br)cc3ccccc23)C1. The van der Waals surface area contributed by atoms with Gasteiger partial charge in [-0.3, -0.25) is 0 Å². The van der Waals surface area contributed by atoms with Gasteiger partial charge in [-0.05, 0) is 40.8 Å². The molecule has 3 rings (SSSR count). The molecule has 0 aliphatic heterocycles. The van der Waals surface area contributed by atoms with Gasteiger partial charge in [-0.2, -0.15) is 0 Å². The smallest absolute Gasteiger partial charge is 0.0222 e. The molecule has 0 aromatic heterocycles. The van der Waals surface area contributed by atoms with Gasteiger partial charge in [0, 0.05) is 4.47 Å². The predicted octanol–water partition coefficient (Wildman–Crippen LogP) is 5.34. The van der Waals surface area contributed by atoms with Crippen LogP contribution in [0.1, 0.15) is 30.9 Å². The fraction of sp³-hybridized carbons (Fsp3) is 0.250. The molecule has 0 heterocycles. The molecule has 0 N–H and O–H groups in total. The highest BCUT2D eigenvalue weighted by molar-refractivity contribution is 9.10. The van der Waals surface area contributed by atoms with E-state index in [2.05, 4.69) is 59.3 Å². The molecule has 0 fully saturated rings. The summed E-state index contributed by atoms with van der Waals surface area (Å²) in [6, 6.07) is 10.9. The molecule has 0 unspecified atom stereocenters. The molecule has 0 atom stereocenters. The van der Waals surface area contributed by atoms with Crippen LogP contribution in [0, 0.1) is 0 Å². The lowest BCUT2D eigenvalue weighted by Crippen LogP contribution is -1.88. The van der Waals surface area contributed by atoms with Gasteiger partial charge in [0.15, 0.2) is 0 Å². The molecule has 1 aliphatic rings. The first-order valence-electron chi connectivity index (χ1n) is 6.19. The molecule has 0 saturated carbocycles. The summed E-state index contributed by atoms with van der Waals surface area (Å²) in [4.78, 5) is 0. The summed E-state index contributed by atoms with van der Waals surface area (Å²) in [6.07, 6.45) is 5.96. The molecule has 0 spiro atoms. The fourth-order valence-corrected chi connectivity index (χ4v) is 3.29. The number of hydrogen-bond acceptors (Lipinski definition) is 0. The zero-order valence-electron chi connectivity index (χ0n) is 9.96. The molecular formula is C16H15Br. The third-order valence-corrected chi connectivity index (χ3v) is 4.18. The summed E-state index contributed by atoms with van der Waals surface area (Å²) in [5.41, 5.74) is 4.46. The second kappa shape index (κ2) is 4.30. The molecule has 1 heteroatoms. The number of allylic oxidation sites excluding steroid dienone is 1. The predicted molar refractivity (Wildman–Crippen MR) is 78.2 cm³/mol. The van der Waals surface area contributed by atoms with Crippen molar-refractivity contribution < 1.29 is 0 Å². The van der Waals surface area contributed by atoms with Crippen LogP contribution in [0.5, 0.6) is 0 Å². The van der Waals surface area contributed by atoms with Gasteiger partial charge in [-0.15, -0.1) is 0 Å². The number of rotatable bonds is 2. The maximum atomic E-state index is 3.71. The van der Waals surface area contributed by atoms with Crippen LogP contribution in [-0.4, -0.2) is 0 Å². The first-order valence-corrected chi connectivity index (χ1v) is 6.98. The largest absolute Gasteiger partial charge is 0.0651 e. The van der Waals surface area contributed by atoms with Crippen molar-refractivity contribution >= 4 is 32.8 Å². The van der Waals surface area contributed by atoms with E-state index in [4.69, 9.17) is 0 Å². The van der Waals surface area contributed by atoms with Crippen molar-refractivity contribution in [1.29, 1.82) is 0 Å². The Morgan fingerprint density at radius 2 is 2.06 bits per heavy atom. The third-order valence-electron chi connectivity index (χ3n) is 3.47. The molecule has 2 aromatic carbocycles. The maximum absolute atomic E-state index is 3.71. The van der Waals surface area contributed by atoms with Crippen LogP contribution in [0.25, 0.3) is 16.8 Å². The lowest BCUT2D eigenvalue weighted by molar-refractivity contribution is 0.885. The molecule has 0 amide bonds. The Labute approximate surface area is 110 Å². The van der Waals surface area contributed by atoms with E-state index >= 15 is 0 Å². The Bertz CT molecular complexity index is 608. The number of hydrogen-bond donors (Lipinski definition) is 0. The highest BCUT2D eigenvalue weighted by Gasteiger charge is 2.17. The van der Waals surface area contributed by atoms with Gasteiger partial charge in [0.1, 0.15) is 0 Å². The summed E-state index contributed by atoms with van der Waals surface area (Å²) in [5.74, 6) is 0. The van der Waals surface area contributed by atoms with E-state index in [0.29, 0.717) is 0 Å². The molecule has 0 saturated heterocycles. The van der Waals surface area contributed by atoms with Crippen LogP contribution < -0.4 is 0 Å². The van der Waals surface area contributed by atoms with Crippen LogP contribution in [0.15, 0.2) is 40.4 Å². The van der Waals surface area contributed by atoms with Gasteiger partial charge < -0.3 is 0 Å². The second-order valence-corrected chi connectivity index (χ2v) is 5.56. The topological polar surface area (TPSA) is 0 Å². The molecule has 0 nitrogen and oxygen atoms in total. The van der Waals surface area contributed by atoms with E-state index in [1.165, 1.54) is 39.2 Å². The van der Waals surface area contributed by atoms with Crippen molar-refractivity contribution in [3.05, 3.63) is 51.5 Å². The number of halogens is 1. The van der Waals surface area contributed by atoms with Crippen molar-refractivity contribution in [2.45, 2.75) is 26.2 Å².